The van der Waals surface area contributed by atoms with Crippen LogP contribution in [0.25, 0.3) is 0 Å². The van der Waals surface area contributed by atoms with Crippen molar-refractivity contribution in [3.8, 4) is 0 Å². The first kappa shape index (κ1) is 10.2. The van der Waals surface area contributed by atoms with Gasteiger partial charge in [0.2, 0.25) is 17.0 Å². The number of hydrogen-bond acceptors (Lipinski definition) is 6. The number of nitrogens with two attached hydrogens (primary N) is 1. The van der Waals surface area contributed by atoms with E-state index < -0.39 is 0 Å². The van der Waals surface area contributed by atoms with Crippen LogP contribution in [0.5, 0.6) is 0 Å². The molecule has 7 heteroatoms. The van der Waals surface area contributed by atoms with E-state index in [4.69, 9.17) is 5.73 Å². The third kappa shape index (κ3) is 2.17. The molecule has 0 spiro atoms. The molecule has 1 amide bonds. The minimum absolute atomic E-state index is 0.131. The van der Waals surface area contributed by atoms with Crippen LogP contribution in [0.2, 0.25) is 0 Å². The molecule has 6 nitrogen and oxygen atoms in total. The normalized spacial score (nSPS) is 16.9. The number of nitrogen functional groups attached to an aromatic ring is 1. The van der Waals surface area contributed by atoms with E-state index in [0.29, 0.717) is 5.95 Å². The highest BCUT2D eigenvalue weighted by atomic mass is 32.1. The Balaban J connectivity index is 1.96. The van der Waals surface area contributed by atoms with E-state index in [1.165, 1.54) is 11.5 Å². The van der Waals surface area contributed by atoms with E-state index in [0.717, 1.165) is 31.3 Å². The Morgan fingerprint density at radius 3 is 2.53 bits per heavy atom. The molecule has 0 aliphatic carbocycles. The Labute approximate surface area is 91.9 Å². The van der Waals surface area contributed by atoms with Gasteiger partial charge in [0, 0.05) is 44.6 Å². The predicted molar refractivity (Wildman–Crippen MR) is 58.8 cm³/mol. The zero-order valence-corrected chi connectivity index (χ0v) is 9.33. The van der Waals surface area contributed by atoms with Crippen LogP contribution in [0.4, 0.5) is 11.1 Å². The van der Waals surface area contributed by atoms with Crippen LogP contribution in [0.3, 0.4) is 0 Å². The van der Waals surface area contributed by atoms with Gasteiger partial charge in [0.1, 0.15) is 0 Å². The lowest BCUT2D eigenvalue weighted by molar-refractivity contribution is -0.129. The van der Waals surface area contributed by atoms with Gasteiger partial charge in [-0.2, -0.15) is 9.36 Å². The minimum Gasteiger partial charge on any atom is -0.367 e. The molecule has 0 bridgehead atoms. The number of hydrogen-bond donors (Lipinski definition) is 1. The van der Waals surface area contributed by atoms with Gasteiger partial charge < -0.3 is 15.5 Å². The van der Waals surface area contributed by atoms with Crippen LogP contribution in [-0.2, 0) is 4.79 Å². The number of piperazine rings is 1. The summed E-state index contributed by atoms with van der Waals surface area (Å²) < 4.78 is 3.93. The number of rotatable bonds is 1. The zero-order valence-electron chi connectivity index (χ0n) is 8.51. The van der Waals surface area contributed by atoms with Gasteiger partial charge in [0.25, 0.3) is 0 Å². The predicted octanol–water partition coefficient (Wildman–Crippen LogP) is -0.211. The van der Waals surface area contributed by atoms with Crippen LogP contribution < -0.4 is 10.6 Å². The summed E-state index contributed by atoms with van der Waals surface area (Å²) >= 11 is 1.30. The highest BCUT2D eigenvalue weighted by molar-refractivity contribution is 7.09. The van der Waals surface area contributed by atoms with Crippen molar-refractivity contribution in [2.75, 3.05) is 36.8 Å². The van der Waals surface area contributed by atoms with Crippen LogP contribution in [0.15, 0.2) is 0 Å². The largest absolute Gasteiger partial charge is 0.367 e. The Kier molecular flexibility index (Phi) is 2.72. The zero-order chi connectivity index (χ0) is 10.8. The fourth-order valence-corrected chi connectivity index (χ4v) is 2.22. The van der Waals surface area contributed by atoms with Crippen molar-refractivity contribution in [2.45, 2.75) is 6.92 Å². The van der Waals surface area contributed by atoms with Crippen molar-refractivity contribution in [3.63, 3.8) is 0 Å². The number of nitrogens with zero attached hydrogens (tertiary/aromatic N) is 4. The fourth-order valence-electron chi connectivity index (χ4n) is 1.57. The molecule has 82 valence electrons. The average molecular weight is 227 g/mol. The van der Waals surface area contributed by atoms with Gasteiger partial charge in [-0.15, -0.1) is 0 Å². The molecule has 0 unspecified atom stereocenters. The van der Waals surface area contributed by atoms with Gasteiger partial charge in [0.05, 0.1) is 0 Å². The number of anilines is 2. The van der Waals surface area contributed by atoms with Gasteiger partial charge >= 0.3 is 0 Å². The van der Waals surface area contributed by atoms with Crippen LogP contribution >= 0.6 is 11.5 Å². The molecule has 1 fully saturated rings. The molecule has 2 rings (SSSR count). The maximum atomic E-state index is 11.1. The van der Waals surface area contributed by atoms with Crippen LogP contribution in [0.1, 0.15) is 6.92 Å². The molecule has 1 aromatic rings. The lowest BCUT2D eigenvalue weighted by Gasteiger charge is -2.33. The first-order valence-corrected chi connectivity index (χ1v) is 5.54. The molecular weight excluding hydrogens is 214 g/mol. The van der Waals surface area contributed by atoms with Gasteiger partial charge in [-0.25, -0.2) is 0 Å². The van der Waals surface area contributed by atoms with E-state index in [1.54, 1.807) is 6.92 Å². The Morgan fingerprint density at radius 2 is 2.07 bits per heavy atom. The maximum absolute atomic E-state index is 11.1. The molecular formula is C8H13N5OS. The fraction of sp³-hybridized carbons (Fsp3) is 0.625. The van der Waals surface area contributed by atoms with Gasteiger partial charge in [-0.1, -0.05) is 0 Å². The summed E-state index contributed by atoms with van der Waals surface area (Å²) in [5.74, 6) is 0.454. The highest BCUT2D eigenvalue weighted by Crippen LogP contribution is 2.19. The smallest absolute Gasteiger partial charge is 0.233 e. The van der Waals surface area contributed by atoms with Gasteiger partial charge in [-0.3, -0.25) is 4.79 Å². The molecule has 1 saturated heterocycles. The van der Waals surface area contributed by atoms with Crippen molar-refractivity contribution in [3.05, 3.63) is 0 Å². The Bertz CT molecular complexity index is 358. The second kappa shape index (κ2) is 4.01. The Hall–Kier alpha value is -1.37. The molecule has 15 heavy (non-hydrogen) atoms. The summed E-state index contributed by atoms with van der Waals surface area (Å²) in [6.45, 7) is 4.69. The molecule has 1 aliphatic rings. The van der Waals surface area contributed by atoms with Crippen molar-refractivity contribution in [1.29, 1.82) is 0 Å². The molecule has 2 N–H and O–H groups in total. The summed E-state index contributed by atoms with van der Waals surface area (Å²) in [5, 5.41) is 0.843. The number of carbonyl (C=O) groups is 1. The lowest BCUT2D eigenvalue weighted by atomic mass is 10.3. The monoisotopic (exact) mass is 227 g/mol. The van der Waals surface area contributed by atoms with E-state index in [-0.39, 0.29) is 5.91 Å². The summed E-state index contributed by atoms with van der Waals surface area (Å²) in [5.41, 5.74) is 5.46. The Morgan fingerprint density at radius 1 is 1.40 bits per heavy atom. The minimum atomic E-state index is 0.131. The van der Waals surface area contributed by atoms with E-state index >= 15 is 0 Å². The van der Waals surface area contributed by atoms with Crippen molar-refractivity contribution >= 4 is 28.5 Å². The third-order valence-electron chi connectivity index (χ3n) is 2.43. The SMILES string of the molecule is CC(=O)N1CCN(c2nc(N)ns2)CC1. The number of amides is 1. The summed E-state index contributed by atoms with van der Waals surface area (Å²) in [4.78, 5) is 19.2. The first-order chi connectivity index (χ1) is 7.16. The van der Waals surface area contributed by atoms with Crippen LogP contribution in [0, 0.1) is 0 Å². The molecule has 0 radical (unpaired) electrons. The molecule has 0 atom stereocenters. The maximum Gasteiger partial charge on any atom is 0.233 e. The average Bonchev–Trinajstić information content (AvgIpc) is 2.65. The highest BCUT2D eigenvalue weighted by Gasteiger charge is 2.20. The number of carbonyl (C=O) groups excluding carboxylic acids is 1. The summed E-state index contributed by atoms with van der Waals surface area (Å²) in [6.07, 6.45) is 0. The standard InChI is InChI=1S/C8H13N5OS/c1-6(14)12-2-4-13(5-3-12)8-10-7(9)11-15-8/h2-5H2,1H3,(H2,9,11). The molecule has 1 aromatic heterocycles. The van der Waals surface area contributed by atoms with Crippen molar-refractivity contribution in [1.82, 2.24) is 14.3 Å². The topological polar surface area (TPSA) is 75.4 Å². The molecule has 0 aromatic carbocycles. The van der Waals surface area contributed by atoms with Gasteiger partial charge in [-0.05, 0) is 0 Å². The van der Waals surface area contributed by atoms with Gasteiger partial charge in [0.15, 0.2) is 0 Å². The second-order valence-corrected chi connectivity index (χ2v) is 4.16. The molecule has 0 saturated carbocycles. The van der Waals surface area contributed by atoms with E-state index in [9.17, 15) is 4.79 Å². The molecule has 2 heterocycles. The summed E-state index contributed by atoms with van der Waals surface area (Å²) in [6, 6.07) is 0. The van der Waals surface area contributed by atoms with Crippen LogP contribution in [-0.4, -0.2) is 46.3 Å². The first-order valence-electron chi connectivity index (χ1n) is 4.76. The third-order valence-corrected chi connectivity index (χ3v) is 3.22. The molecule has 1 aliphatic heterocycles. The lowest BCUT2D eigenvalue weighted by Crippen LogP contribution is -2.48. The summed E-state index contributed by atoms with van der Waals surface area (Å²) in [7, 11) is 0. The van der Waals surface area contributed by atoms with Crippen molar-refractivity contribution < 1.29 is 4.79 Å². The number of aromatic nitrogens is 2. The second-order valence-electron chi connectivity index (χ2n) is 3.43. The van der Waals surface area contributed by atoms with E-state index in [2.05, 4.69) is 14.3 Å². The van der Waals surface area contributed by atoms with E-state index in [1.807, 2.05) is 4.90 Å². The van der Waals surface area contributed by atoms with Crippen molar-refractivity contribution in [2.24, 2.45) is 0 Å². The quantitative estimate of drug-likeness (QED) is 0.718.